The molecular weight excluding hydrogens is 655 g/mol. The molecule has 2 aromatic carbocycles. The van der Waals surface area contributed by atoms with Gasteiger partial charge in [0.25, 0.3) is 11.8 Å². The fourth-order valence-electron chi connectivity index (χ4n) is 5.48. The van der Waals surface area contributed by atoms with E-state index < -0.39 is 35.8 Å². The first-order valence-corrected chi connectivity index (χ1v) is 16.5. The number of hydrogen-bond acceptors (Lipinski definition) is 7. The van der Waals surface area contributed by atoms with Gasteiger partial charge in [-0.15, -0.1) is 0 Å². The van der Waals surface area contributed by atoms with Crippen molar-refractivity contribution in [2.24, 2.45) is 5.92 Å². The van der Waals surface area contributed by atoms with Gasteiger partial charge in [-0.2, -0.15) is 13.2 Å². The van der Waals surface area contributed by atoms with Crippen LogP contribution >= 0.6 is 0 Å². The van der Waals surface area contributed by atoms with E-state index in [0.29, 0.717) is 36.4 Å². The largest absolute Gasteiger partial charge is 0.490 e. The van der Waals surface area contributed by atoms with Crippen LogP contribution in [0.25, 0.3) is 0 Å². The maximum absolute atomic E-state index is 14.3. The first-order valence-electron chi connectivity index (χ1n) is 16.5. The second-order valence-electron chi connectivity index (χ2n) is 12.6. The third-order valence-corrected chi connectivity index (χ3v) is 8.52. The normalized spacial score (nSPS) is 19.7. The molecule has 4 rings (SSSR count). The van der Waals surface area contributed by atoms with E-state index in [1.807, 2.05) is 13.8 Å². The third-order valence-electron chi connectivity index (χ3n) is 8.52. The minimum absolute atomic E-state index is 0.116. The van der Waals surface area contributed by atoms with E-state index in [9.17, 15) is 32.7 Å². The maximum Gasteiger partial charge on any atom is 0.416 e. The molecule has 0 spiro atoms. The summed E-state index contributed by atoms with van der Waals surface area (Å²) in [4.78, 5) is 47.1. The monoisotopic (exact) mass is 699 g/mol. The van der Waals surface area contributed by atoms with Crippen LogP contribution in [-0.4, -0.2) is 89.3 Å². The highest BCUT2D eigenvalue weighted by Crippen LogP contribution is 2.31. The van der Waals surface area contributed by atoms with Crippen LogP contribution in [0.1, 0.15) is 66.3 Å². The van der Waals surface area contributed by atoms with Crippen molar-refractivity contribution in [3.05, 3.63) is 83.7 Å². The number of alkyl halides is 3. The average molecular weight is 700 g/mol. The predicted molar refractivity (Wildman–Crippen MR) is 182 cm³/mol. The number of ether oxygens (including phenoxy) is 2. The molecule has 0 radical (unpaired) electrons. The fraction of sp³-hybridized carbons (Fsp3) is 0.444. The highest BCUT2D eigenvalue weighted by Gasteiger charge is 2.32. The van der Waals surface area contributed by atoms with Gasteiger partial charge in [-0.25, -0.2) is 4.79 Å². The Kier molecular flexibility index (Phi) is 13.2. The molecule has 1 aromatic heterocycles. The topological polar surface area (TPSA) is 133 Å². The van der Waals surface area contributed by atoms with Crippen molar-refractivity contribution in [3.63, 3.8) is 0 Å². The summed E-state index contributed by atoms with van der Waals surface area (Å²) in [7, 11) is 1.55. The molecule has 0 saturated heterocycles. The number of amides is 4. The number of aliphatic hydroxyl groups excluding tert-OH is 1. The van der Waals surface area contributed by atoms with Crippen molar-refractivity contribution >= 4 is 29.2 Å². The van der Waals surface area contributed by atoms with Gasteiger partial charge in [0, 0.05) is 62.0 Å². The number of aliphatic hydroxyl groups is 1. The fourth-order valence-corrected chi connectivity index (χ4v) is 5.48. The first kappa shape index (κ1) is 38.1. The van der Waals surface area contributed by atoms with Gasteiger partial charge in [0.2, 0.25) is 0 Å². The molecule has 50 heavy (non-hydrogen) atoms. The molecule has 0 bridgehead atoms. The maximum atomic E-state index is 14.3. The minimum Gasteiger partial charge on any atom is -0.490 e. The summed E-state index contributed by atoms with van der Waals surface area (Å²) in [6.07, 6.45) is -0.122. The number of benzene rings is 2. The molecular formula is C36H44F3N5O6. The van der Waals surface area contributed by atoms with E-state index in [-0.39, 0.29) is 48.9 Å². The molecule has 0 saturated carbocycles. The molecule has 3 N–H and O–H groups in total. The Morgan fingerprint density at radius 2 is 1.72 bits per heavy atom. The van der Waals surface area contributed by atoms with E-state index in [0.717, 1.165) is 18.6 Å². The standard InChI is InChI=1S/C36H44F3N5O6/c1-23-20-44(24(2)22-45)34(47)30-19-29(41-33(46)26-14-16-40-17-15-26)12-13-31(30)50-25(3)7-5-6-18-49-32(23)21-43(4)35(48)42-28-10-8-27(9-11-28)36(37,38)39/h8-17,19,23-25,32,45H,5-7,18,20-22H2,1-4H3,(H,41,46)(H,42,48)/t23-,24+,25+,32?/m0/s1. The van der Waals surface area contributed by atoms with Gasteiger partial charge in [0.05, 0.1) is 36.0 Å². The molecule has 1 aliphatic rings. The Hall–Kier alpha value is -4.69. The average Bonchev–Trinajstić information content (AvgIpc) is 3.09. The summed E-state index contributed by atoms with van der Waals surface area (Å²) in [6, 6.07) is 11.0. The summed E-state index contributed by atoms with van der Waals surface area (Å²) >= 11 is 0. The van der Waals surface area contributed by atoms with Gasteiger partial charge in [0.15, 0.2) is 0 Å². The lowest BCUT2D eigenvalue weighted by molar-refractivity contribution is -0.137. The number of aromatic nitrogens is 1. The first-order chi connectivity index (χ1) is 23.8. The van der Waals surface area contributed by atoms with Crippen LogP contribution < -0.4 is 15.4 Å². The second kappa shape index (κ2) is 17.3. The Morgan fingerprint density at radius 3 is 2.38 bits per heavy atom. The highest BCUT2D eigenvalue weighted by atomic mass is 19.4. The lowest BCUT2D eigenvalue weighted by Gasteiger charge is -2.35. The van der Waals surface area contributed by atoms with Crippen molar-refractivity contribution in [2.75, 3.05) is 44.0 Å². The Labute approximate surface area is 289 Å². The van der Waals surface area contributed by atoms with Crippen LogP contribution in [-0.2, 0) is 10.9 Å². The number of carbonyl (C=O) groups is 3. The quantitative estimate of drug-likeness (QED) is 0.263. The van der Waals surface area contributed by atoms with Gasteiger partial charge in [-0.1, -0.05) is 6.92 Å². The molecule has 1 aliphatic heterocycles. The van der Waals surface area contributed by atoms with Crippen LogP contribution in [0.4, 0.5) is 29.3 Å². The van der Waals surface area contributed by atoms with Crippen LogP contribution in [0.15, 0.2) is 67.0 Å². The number of likely N-dealkylation sites (N-methyl/N-ethyl adjacent to an activating group) is 1. The van der Waals surface area contributed by atoms with E-state index in [1.165, 1.54) is 34.3 Å². The van der Waals surface area contributed by atoms with Crippen molar-refractivity contribution in [3.8, 4) is 5.75 Å². The summed E-state index contributed by atoms with van der Waals surface area (Å²) in [5, 5.41) is 15.6. The molecule has 11 nitrogen and oxygen atoms in total. The number of pyridine rings is 1. The predicted octanol–water partition coefficient (Wildman–Crippen LogP) is 6.31. The number of anilines is 2. The highest BCUT2D eigenvalue weighted by molar-refractivity contribution is 6.05. The van der Waals surface area contributed by atoms with Crippen LogP contribution in [0.2, 0.25) is 0 Å². The molecule has 270 valence electrons. The van der Waals surface area contributed by atoms with Gasteiger partial charge >= 0.3 is 12.2 Å². The van der Waals surface area contributed by atoms with E-state index in [1.54, 1.807) is 44.3 Å². The second-order valence-corrected chi connectivity index (χ2v) is 12.6. The Bertz CT molecular complexity index is 1590. The van der Waals surface area contributed by atoms with Crippen LogP contribution in [0, 0.1) is 5.92 Å². The van der Waals surface area contributed by atoms with Gasteiger partial charge < -0.3 is 35.0 Å². The number of urea groups is 1. The number of fused-ring (bicyclic) bond motifs is 1. The van der Waals surface area contributed by atoms with E-state index >= 15 is 0 Å². The molecule has 1 unspecified atom stereocenters. The summed E-state index contributed by atoms with van der Waals surface area (Å²) in [6.45, 7) is 5.82. The number of carbonyl (C=O) groups excluding carboxylic acids is 3. The smallest absolute Gasteiger partial charge is 0.416 e. The SMILES string of the molecule is C[C@@H]1CCCCOC(CN(C)C(=O)Nc2ccc(C(F)(F)F)cc2)[C@@H](C)CN([C@H](C)CO)C(=O)c2cc(NC(=O)c3ccncc3)ccc2O1. The van der Waals surface area contributed by atoms with Crippen molar-refractivity contribution in [1.29, 1.82) is 0 Å². The van der Waals surface area contributed by atoms with Crippen molar-refractivity contribution in [2.45, 2.75) is 64.5 Å². The van der Waals surface area contributed by atoms with E-state index in [4.69, 9.17) is 9.47 Å². The summed E-state index contributed by atoms with van der Waals surface area (Å²) in [5.74, 6) is -0.799. The van der Waals surface area contributed by atoms with Gasteiger partial charge in [0.1, 0.15) is 5.75 Å². The molecule has 2 heterocycles. The Balaban J connectivity index is 1.57. The minimum atomic E-state index is -4.49. The summed E-state index contributed by atoms with van der Waals surface area (Å²) < 4.78 is 51.5. The van der Waals surface area contributed by atoms with Crippen molar-refractivity contribution < 1.29 is 42.1 Å². The molecule has 0 aliphatic carbocycles. The number of nitrogens with zero attached hydrogens (tertiary/aromatic N) is 3. The van der Waals surface area contributed by atoms with Crippen molar-refractivity contribution in [1.82, 2.24) is 14.8 Å². The number of rotatable bonds is 7. The molecule has 4 amide bonds. The van der Waals surface area contributed by atoms with Crippen LogP contribution in [0.5, 0.6) is 5.75 Å². The van der Waals surface area contributed by atoms with Gasteiger partial charge in [-0.3, -0.25) is 14.6 Å². The molecule has 14 heteroatoms. The summed E-state index contributed by atoms with van der Waals surface area (Å²) in [5.41, 5.74) is 0.359. The molecule has 0 fully saturated rings. The zero-order chi connectivity index (χ0) is 36.4. The zero-order valence-corrected chi connectivity index (χ0v) is 28.6. The number of halogens is 3. The van der Waals surface area contributed by atoms with Gasteiger partial charge in [-0.05, 0) is 87.7 Å². The number of hydrogen-bond donors (Lipinski definition) is 3. The molecule has 3 aromatic rings. The number of nitrogens with one attached hydrogen (secondary N) is 2. The lowest BCUT2D eigenvalue weighted by atomic mass is 10.0. The zero-order valence-electron chi connectivity index (χ0n) is 28.6. The molecule has 4 atom stereocenters. The third kappa shape index (κ3) is 10.4. The Morgan fingerprint density at radius 1 is 1.04 bits per heavy atom. The van der Waals surface area contributed by atoms with E-state index in [2.05, 4.69) is 15.6 Å². The van der Waals surface area contributed by atoms with Crippen LogP contribution in [0.3, 0.4) is 0 Å². The lowest BCUT2D eigenvalue weighted by Crippen LogP contribution is -2.48.